The number of amides is 1. The van der Waals surface area contributed by atoms with E-state index in [0.717, 1.165) is 25.9 Å². The molecule has 0 unspecified atom stereocenters. The average molecular weight is 297 g/mol. The number of carbonyl (C=O) groups excluding carboxylic acids is 2. The van der Waals surface area contributed by atoms with Crippen molar-refractivity contribution >= 4 is 17.4 Å². The van der Waals surface area contributed by atoms with Crippen LogP contribution in [0.4, 0.5) is 5.69 Å². The van der Waals surface area contributed by atoms with Crippen LogP contribution in [0.25, 0.3) is 0 Å². The van der Waals surface area contributed by atoms with E-state index in [0.29, 0.717) is 11.3 Å². The number of piperidine rings is 1. The topological polar surface area (TPSA) is 73.2 Å². The Labute approximate surface area is 130 Å². The Morgan fingerprint density at radius 1 is 1.18 bits per heavy atom. The van der Waals surface area contributed by atoms with Gasteiger partial charge in [0.2, 0.25) is 0 Å². The zero-order valence-corrected chi connectivity index (χ0v) is 12.6. The van der Waals surface area contributed by atoms with E-state index in [9.17, 15) is 14.9 Å². The van der Waals surface area contributed by atoms with Gasteiger partial charge in [-0.3, -0.25) is 9.59 Å². The third-order valence-corrected chi connectivity index (χ3v) is 3.62. The van der Waals surface area contributed by atoms with Gasteiger partial charge >= 0.3 is 0 Å². The van der Waals surface area contributed by atoms with Crippen molar-refractivity contribution in [3.8, 4) is 6.07 Å². The second kappa shape index (κ2) is 7.41. The maximum atomic E-state index is 12.1. The normalized spacial score (nSPS) is 15.1. The number of hydrogen-bond donors (Lipinski definition) is 1. The minimum Gasteiger partial charge on any atom is -0.376 e. The fourth-order valence-corrected chi connectivity index (χ4v) is 2.36. The summed E-state index contributed by atoms with van der Waals surface area (Å²) in [5, 5.41) is 11.9. The molecule has 1 heterocycles. The molecule has 0 spiro atoms. The van der Waals surface area contributed by atoms with E-state index in [2.05, 4.69) is 5.32 Å². The molecular weight excluding hydrogens is 278 g/mol. The number of ketones is 1. The summed E-state index contributed by atoms with van der Waals surface area (Å²) in [6.45, 7) is 3.25. The molecule has 0 saturated carbocycles. The minimum atomic E-state index is -0.427. The van der Waals surface area contributed by atoms with Crippen molar-refractivity contribution in [2.75, 3.05) is 18.4 Å². The SMILES string of the molecule is CC(=O)c1ccc(NC(=O)/C(C#N)=C\N2CCCCC2)cc1. The molecule has 22 heavy (non-hydrogen) atoms. The third-order valence-electron chi connectivity index (χ3n) is 3.62. The lowest BCUT2D eigenvalue weighted by Gasteiger charge is -2.25. The van der Waals surface area contributed by atoms with E-state index in [-0.39, 0.29) is 11.4 Å². The van der Waals surface area contributed by atoms with Crippen LogP contribution in [0.5, 0.6) is 0 Å². The molecule has 1 aliphatic rings. The van der Waals surface area contributed by atoms with Gasteiger partial charge < -0.3 is 10.2 Å². The van der Waals surface area contributed by atoms with Gasteiger partial charge in [-0.2, -0.15) is 5.26 Å². The molecule has 0 aromatic heterocycles. The molecule has 1 N–H and O–H groups in total. The summed E-state index contributed by atoms with van der Waals surface area (Å²) in [6.07, 6.45) is 5.01. The molecular formula is C17H19N3O2. The van der Waals surface area contributed by atoms with Crippen LogP contribution in [0.3, 0.4) is 0 Å². The van der Waals surface area contributed by atoms with Crippen LogP contribution in [0, 0.1) is 11.3 Å². The highest BCUT2D eigenvalue weighted by atomic mass is 16.1. The molecule has 0 atom stereocenters. The Bertz CT molecular complexity index is 620. The van der Waals surface area contributed by atoms with Crippen molar-refractivity contribution in [1.82, 2.24) is 4.90 Å². The smallest absolute Gasteiger partial charge is 0.267 e. The largest absolute Gasteiger partial charge is 0.376 e. The van der Waals surface area contributed by atoms with Crippen molar-refractivity contribution < 1.29 is 9.59 Å². The number of carbonyl (C=O) groups is 2. The van der Waals surface area contributed by atoms with Gasteiger partial charge in [0.25, 0.3) is 5.91 Å². The summed E-state index contributed by atoms with van der Waals surface area (Å²) in [5.41, 5.74) is 1.25. The van der Waals surface area contributed by atoms with E-state index in [4.69, 9.17) is 0 Å². The lowest BCUT2D eigenvalue weighted by atomic mass is 10.1. The first-order valence-electron chi connectivity index (χ1n) is 7.38. The Morgan fingerprint density at radius 3 is 2.36 bits per heavy atom. The van der Waals surface area contributed by atoms with Crippen LogP contribution in [0.15, 0.2) is 36.0 Å². The average Bonchev–Trinajstić information content (AvgIpc) is 2.54. The number of benzene rings is 1. The van der Waals surface area contributed by atoms with Crippen molar-refractivity contribution in [1.29, 1.82) is 5.26 Å². The predicted octanol–water partition coefficient (Wildman–Crippen LogP) is 2.72. The molecule has 5 nitrogen and oxygen atoms in total. The van der Waals surface area contributed by atoms with Gasteiger partial charge in [-0.1, -0.05) is 0 Å². The highest BCUT2D eigenvalue weighted by Crippen LogP contribution is 2.13. The molecule has 0 aliphatic carbocycles. The lowest BCUT2D eigenvalue weighted by molar-refractivity contribution is -0.112. The lowest BCUT2D eigenvalue weighted by Crippen LogP contribution is -2.26. The van der Waals surface area contributed by atoms with Crippen molar-refractivity contribution in [3.63, 3.8) is 0 Å². The van der Waals surface area contributed by atoms with Gasteiger partial charge in [0, 0.05) is 30.5 Å². The predicted molar refractivity (Wildman–Crippen MR) is 84.2 cm³/mol. The summed E-state index contributed by atoms with van der Waals surface area (Å²) < 4.78 is 0. The zero-order chi connectivity index (χ0) is 15.9. The molecule has 114 valence electrons. The number of likely N-dealkylation sites (tertiary alicyclic amines) is 1. The maximum Gasteiger partial charge on any atom is 0.267 e. The van der Waals surface area contributed by atoms with Crippen molar-refractivity contribution in [3.05, 3.63) is 41.6 Å². The summed E-state index contributed by atoms with van der Waals surface area (Å²) in [7, 11) is 0. The third kappa shape index (κ3) is 4.19. The zero-order valence-electron chi connectivity index (χ0n) is 12.6. The number of rotatable bonds is 4. The van der Waals surface area contributed by atoms with Crippen molar-refractivity contribution in [2.45, 2.75) is 26.2 Å². The first kappa shape index (κ1) is 15.8. The van der Waals surface area contributed by atoms with E-state index in [1.165, 1.54) is 13.3 Å². The van der Waals surface area contributed by atoms with Crippen LogP contribution in [0.1, 0.15) is 36.5 Å². The molecule has 1 aliphatic heterocycles. The summed E-state index contributed by atoms with van der Waals surface area (Å²) in [5.74, 6) is -0.454. The van der Waals surface area contributed by atoms with Crippen LogP contribution in [-0.4, -0.2) is 29.7 Å². The second-order valence-corrected chi connectivity index (χ2v) is 5.34. The van der Waals surface area contributed by atoms with Gasteiger partial charge in [-0.05, 0) is 50.5 Å². The number of hydrogen-bond acceptors (Lipinski definition) is 4. The number of nitrogens with one attached hydrogen (secondary N) is 1. The first-order valence-corrected chi connectivity index (χ1v) is 7.38. The first-order chi connectivity index (χ1) is 10.6. The molecule has 1 aromatic carbocycles. The Morgan fingerprint density at radius 2 is 1.82 bits per heavy atom. The Balaban J connectivity index is 2.04. The molecule has 1 amide bonds. The fourth-order valence-electron chi connectivity index (χ4n) is 2.36. The summed E-state index contributed by atoms with van der Waals surface area (Å²) in [6, 6.07) is 8.57. The van der Waals surface area contributed by atoms with Crippen LogP contribution in [0.2, 0.25) is 0 Å². The number of nitriles is 1. The van der Waals surface area contributed by atoms with Crippen LogP contribution >= 0.6 is 0 Å². The van der Waals surface area contributed by atoms with Crippen LogP contribution in [-0.2, 0) is 4.79 Å². The second-order valence-electron chi connectivity index (χ2n) is 5.34. The highest BCUT2D eigenvalue weighted by molar-refractivity contribution is 6.06. The van der Waals surface area contributed by atoms with E-state index in [1.54, 1.807) is 30.5 Å². The molecule has 0 radical (unpaired) electrons. The van der Waals surface area contributed by atoms with Gasteiger partial charge in [-0.15, -0.1) is 0 Å². The van der Waals surface area contributed by atoms with Crippen molar-refractivity contribution in [2.24, 2.45) is 0 Å². The van der Waals surface area contributed by atoms with E-state index < -0.39 is 5.91 Å². The maximum absolute atomic E-state index is 12.1. The molecule has 1 fully saturated rings. The molecule has 1 saturated heterocycles. The Hall–Kier alpha value is -2.61. The van der Waals surface area contributed by atoms with Crippen LogP contribution < -0.4 is 5.32 Å². The van der Waals surface area contributed by atoms with E-state index in [1.807, 2.05) is 11.0 Å². The van der Waals surface area contributed by atoms with Gasteiger partial charge in [0.05, 0.1) is 0 Å². The fraction of sp³-hybridized carbons (Fsp3) is 0.353. The quantitative estimate of drug-likeness (QED) is 0.527. The highest BCUT2D eigenvalue weighted by Gasteiger charge is 2.13. The van der Waals surface area contributed by atoms with Gasteiger partial charge in [0.1, 0.15) is 11.6 Å². The molecule has 5 heteroatoms. The van der Waals surface area contributed by atoms with Gasteiger partial charge in [0.15, 0.2) is 5.78 Å². The number of nitrogens with zero attached hydrogens (tertiary/aromatic N) is 2. The molecule has 2 rings (SSSR count). The summed E-state index contributed by atoms with van der Waals surface area (Å²) in [4.78, 5) is 25.4. The standard InChI is InChI=1S/C17H19N3O2/c1-13(21)14-5-7-16(8-6-14)19-17(22)15(11-18)12-20-9-3-2-4-10-20/h5-8,12H,2-4,9-10H2,1H3,(H,19,22)/b15-12-. The number of anilines is 1. The molecule has 0 bridgehead atoms. The molecule has 1 aromatic rings. The summed E-state index contributed by atoms with van der Waals surface area (Å²) >= 11 is 0. The van der Waals surface area contributed by atoms with E-state index >= 15 is 0 Å². The monoisotopic (exact) mass is 297 g/mol. The Kier molecular flexibility index (Phi) is 5.31. The minimum absolute atomic E-state index is 0.0272. The number of Topliss-reactive ketones (excluding diaryl/α,β-unsaturated/α-hetero) is 1. The van der Waals surface area contributed by atoms with Gasteiger partial charge in [-0.25, -0.2) is 0 Å².